The fourth-order valence-electron chi connectivity index (χ4n) is 1.60. The van der Waals surface area contributed by atoms with Crippen LogP contribution in [-0.4, -0.2) is 39.5 Å². The van der Waals surface area contributed by atoms with Crippen molar-refractivity contribution in [1.82, 2.24) is 5.32 Å². The highest BCUT2D eigenvalue weighted by Crippen LogP contribution is 2.18. The van der Waals surface area contributed by atoms with E-state index < -0.39 is 0 Å². The fourth-order valence-corrected chi connectivity index (χ4v) is 1.60. The number of hydrogen-bond acceptors (Lipinski definition) is 4. The second-order valence-electron chi connectivity index (χ2n) is 3.91. The number of hydrogen-bond donors (Lipinski definition) is 1. The van der Waals surface area contributed by atoms with Gasteiger partial charge in [0.05, 0.1) is 13.2 Å². The Bertz CT molecular complexity index is 313. The summed E-state index contributed by atoms with van der Waals surface area (Å²) in [5.41, 5.74) is 0. The van der Waals surface area contributed by atoms with E-state index in [4.69, 9.17) is 14.2 Å². The molecule has 0 aliphatic carbocycles. The van der Waals surface area contributed by atoms with Crippen molar-refractivity contribution in [3.05, 3.63) is 24.3 Å². The third-order valence-corrected chi connectivity index (χ3v) is 2.41. The van der Waals surface area contributed by atoms with Gasteiger partial charge in [0.1, 0.15) is 17.6 Å². The monoisotopic (exact) mass is 253 g/mol. The second kappa shape index (κ2) is 8.78. The standard InChI is InChI=1S/C14H23NO3/c1-4-15-10-14(11-16-3)18-13-8-6-12(7-9-13)17-5-2/h6-9,14-15H,4-5,10-11H2,1-3H3. The molecule has 0 aliphatic heterocycles. The van der Waals surface area contributed by atoms with Gasteiger partial charge in [-0.25, -0.2) is 0 Å². The van der Waals surface area contributed by atoms with Crippen molar-refractivity contribution in [1.29, 1.82) is 0 Å². The Morgan fingerprint density at radius 2 is 1.78 bits per heavy atom. The lowest BCUT2D eigenvalue weighted by Gasteiger charge is -2.18. The van der Waals surface area contributed by atoms with Gasteiger partial charge in [-0.1, -0.05) is 6.92 Å². The van der Waals surface area contributed by atoms with Gasteiger partial charge >= 0.3 is 0 Å². The van der Waals surface area contributed by atoms with E-state index in [2.05, 4.69) is 12.2 Å². The van der Waals surface area contributed by atoms with Gasteiger partial charge in [-0.2, -0.15) is 0 Å². The Balaban J connectivity index is 2.51. The first kappa shape index (κ1) is 14.8. The Morgan fingerprint density at radius 3 is 2.33 bits per heavy atom. The second-order valence-corrected chi connectivity index (χ2v) is 3.91. The fraction of sp³-hybridized carbons (Fsp3) is 0.571. The van der Waals surface area contributed by atoms with Crippen molar-refractivity contribution in [3.63, 3.8) is 0 Å². The normalized spacial score (nSPS) is 12.2. The first-order valence-corrected chi connectivity index (χ1v) is 6.39. The minimum atomic E-state index is 0.0212. The molecular formula is C14H23NO3. The predicted octanol–water partition coefficient (Wildman–Crippen LogP) is 2.09. The Hall–Kier alpha value is -1.26. The maximum Gasteiger partial charge on any atom is 0.134 e. The lowest BCUT2D eigenvalue weighted by atomic mass is 10.3. The average molecular weight is 253 g/mol. The summed E-state index contributed by atoms with van der Waals surface area (Å²) < 4.78 is 16.4. The van der Waals surface area contributed by atoms with E-state index >= 15 is 0 Å². The largest absolute Gasteiger partial charge is 0.494 e. The van der Waals surface area contributed by atoms with Crippen LogP contribution >= 0.6 is 0 Å². The number of methoxy groups -OCH3 is 1. The molecule has 1 unspecified atom stereocenters. The summed E-state index contributed by atoms with van der Waals surface area (Å²) in [7, 11) is 1.68. The molecule has 1 N–H and O–H groups in total. The Morgan fingerprint density at radius 1 is 1.11 bits per heavy atom. The van der Waals surface area contributed by atoms with E-state index in [-0.39, 0.29) is 6.10 Å². The first-order chi connectivity index (χ1) is 8.80. The van der Waals surface area contributed by atoms with Gasteiger partial charge in [-0.05, 0) is 37.7 Å². The topological polar surface area (TPSA) is 39.7 Å². The summed E-state index contributed by atoms with van der Waals surface area (Å²) in [6.07, 6.45) is 0.0212. The zero-order chi connectivity index (χ0) is 13.2. The van der Waals surface area contributed by atoms with Crippen molar-refractivity contribution in [2.24, 2.45) is 0 Å². The van der Waals surface area contributed by atoms with E-state index in [1.807, 2.05) is 31.2 Å². The minimum absolute atomic E-state index is 0.0212. The van der Waals surface area contributed by atoms with Gasteiger partial charge in [0.2, 0.25) is 0 Å². The summed E-state index contributed by atoms with van der Waals surface area (Å²) >= 11 is 0. The molecule has 18 heavy (non-hydrogen) atoms. The van der Waals surface area contributed by atoms with Crippen LogP contribution in [0.3, 0.4) is 0 Å². The quantitative estimate of drug-likeness (QED) is 0.731. The highest BCUT2D eigenvalue weighted by Gasteiger charge is 2.09. The zero-order valence-electron chi connectivity index (χ0n) is 11.4. The third-order valence-electron chi connectivity index (χ3n) is 2.41. The third kappa shape index (κ3) is 5.38. The molecule has 0 aromatic heterocycles. The highest BCUT2D eigenvalue weighted by atomic mass is 16.5. The van der Waals surface area contributed by atoms with Crippen molar-refractivity contribution >= 4 is 0 Å². The molecule has 0 amide bonds. The molecule has 1 aromatic carbocycles. The van der Waals surface area contributed by atoms with Gasteiger partial charge in [0.25, 0.3) is 0 Å². The smallest absolute Gasteiger partial charge is 0.134 e. The molecule has 0 heterocycles. The van der Waals surface area contributed by atoms with E-state index in [0.717, 1.165) is 24.6 Å². The van der Waals surface area contributed by atoms with E-state index in [1.54, 1.807) is 7.11 Å². The van der Waals surface area contributed by atoms with Crippen molar-refractivity contribution in [2.45, 2.75) is 20.0 Å². The molecule has 0 radical (unpaired) electrons. The molecular weight excluding hydrogens is 230 g/mol. The first-order valence-electron chi connectivity index (χ1n) is 6.39. The molecule has 1 atom stereocenters. The predicted molar refractivity (Wildman–Crippen MR) is 72.4 cm³/mol. The number of ether oxygens (including phenoxy) is 3. The van der Waals surface area contributed by atoms with E-state index in [0.29, 0.717) is 13.2 Å². The Kier molecular flexibility index (Phi) is 7.22. The summed E-state index contributed by atoms with van der Waals surface area (Å²) in [6, 6.07) is 7.66. The number of nitrogens with one attached hydrogen (secondary N) is 1. The van der Waals surface area contributed by atoms with Crippen LogP contribution in [0.15, 0.2) is 24.3 Å². The molecule has 1 rings (SSSR count). The maximum atomic E-state index is 5.85. The van der Waals surface area contributed by atoms with Crippen molar-refractivity contribution in [3.8, 4) is 11.5 Å². The molecule has 0 spiro atoms. The lowest BCUT2D eigenvalue weighted by Crippen LogP contribution is -2.34. The zero-order valence-corrected chi connectivity index (χ0v) is 11.4. The Labute approximate surface area is 109 Å². The van der Waals surface area contributed by atoms with Crippen LogP contribution in [0.2, 0.25) is 0 Å². The van der Waals surface area contributed by atoms with Gasteiger partial charge in [0.15, 0.2) is 0 Å². The van der Waals surface area contributed by atoms with Crippen molar-refractivity contribution in [2.75, 3.05) is 33.4 Å². The highest BCUT2D eigenvalue weighted by molar-refractivity contribution is 5.31. The van der Waals surface area contributed by atoms with Crippen molar-refractivity contribution < 1.29 is 14.2 Å². The molecule has 0 fully saturated rings. The average Bonchev–Trinajstić information content (AvgIpc) is 2.39. The van der Waals surface area contributed by atoms with Gasteiger partial charge in [0, 0.05) is 13.7 Å². The molecule has 4 nitrogen and oxygen atoms in total. The molecule has 0 saturated heterocycles. The van der Waals surface area contributed by atoms with E-state index in [1.165, 1.54) is 0 Å². The van der Waals surface area contributed by atoms with Crippen LogP contribution in [0, 0.1) is 0 Å². The van der Waals surface area contributed by atoms with E-state index in [9.17, 15) is 0 Å². The lowest BCUT2D eigenvalue weighted by molar-refractivity contribution is 0.0809. The maximum absolute atomic E-state index is 5.85. The minimum Gasteiger partial charge on any atom is -0.494 e. The summed E-state index contributed by atoms with van der Waals surface area (Å²) in [4.78, 5) is 0. The SMILES string of the molecule is CCNCC(COC)Oc1ccc(OCC)cc1. The van der Waals surface area contributed by atoms with Crippen LogP contribution < -0.4 is 14.8 Å². The number of likely N-dealkylation sites (N-methyl/N-ethyl adjacent to an activating group) is 1. The van der Waals surface area contributed by atoms with Crippen LogP contribution in [-0.2, 0) is 4.74 Å². The molecule has 4 heteroatoms. The molecule has 0 saturated carbocycles. The molecule has 0 bridgehead atoms. The molecule has 102 valence electrons. The van der Waals surface area contributed by atoms with Gasteiger partial charge < -0.3 is 19.5 Å². The molecule has 1 aromatic rings. The van der Waals surface area contributed by atoms with Gasteiger partial charge in [-0.3, -0.25) is 0 Å². The number of benzene rings is 1. The van der Waals surface area contributed by atoms with Crippen LogP contribution in [0.5, 0.6) is 11.5 Å². The van der Waals surface area contributed by atoms with Gasteiger partial charge in [-0.15, -0.1) is 0 Å². The summed E-state index contributed by atoms with van der Waals surface area (Å²) in [5.74, 6) is 1.69. The summed E-state index contributed by atoms with van der Waals surface area (Å²) in [5, 5.41) is 3.26. The molecule has 0 aliphatic rings. The number of rotatable bonds is 9. The van der Waals surface area contributed by atoms with Crippen LogP contribution in [0.1, 0.15) is 13.8 Å². The van der Waals surface area contributed by atoms with Crippen LogP contribution in [0.25, 0.3) is 0 Å². The van der Waals surface area contributed by atoms with Crippen LogP contribution in [0.4, 0.5) is 0 Å². The summed E-state index contributed by atoms with van der Waals surface area (Å²) in [6.45, 7) is 6.98.